The molecule has 3 fully saturated rings. The zero-order valence-corrected chi connectivity index (χ0v) is 16.7. The molecular weight excluding hydrogens is 362 g/mol. The van der Waals surface area contributed by atoms with E-state index in [-0.39, 0.29) is 5.92 Å². The fraction of sp³-hybridized carbons (Fsp3) is 0.480. The molecule has 152 valence electrons. The van der Waals surface area contributed by atoms with Crippen LogP contribution in [0.5, 0.6) is 0 Å². The van der Waals surface area contributed by atoms with Crippen LogP contribution in [0.1, 0.15) is 30.4 Å². The van der Waals surface area contributed by atoms with Gasteiger partial charge in [-0.1, -0.05) is 67.1 Å². The SMILES string of the molecule is O=C(OCC1C2CN(Cc3ccccc3)CC12)C(O)(c1ccccc1)C1CCC1. The molecule has 0 bridgehead atoms. The molecule has 0 radical (unpaired) electrons. The lowest BCUT2D eigenvalue weighted by molar-refractivity contribution is -0.179. The molecule has 1 heterocycles. The Kier molecular flexibility index (Phi) is 4.92. The largest absolute Gasteiger partial charge is 0.463 e. The Hall–Kier alpha value is -2.17. The lowest BCUT2D eigenvalue weighted by atomic mass is 9.69. The van der Waals surface area contributed by atoms with Crippen LogP contribution in [0.15, 0.2) is 60.7 Å². The van der Waals surface area contributed by atoms with Gasteiger partial charge in [0.1, 0.15) is 0 Å². The summed E-state index contributed by atoms with van der Waals surface area (Å²) < 4.78 is 5.72. The van der Waals surface area contributed by atoms with Gasteiger partial charge < -0.3 is 9.84 Å². The average Bonchev–Trinajstić information content (AvgIpc) is 3.16. The van der Waals surface area contributed by atoms with Gasteiger partial charge in [-0.05, 0) is 35.8 Å². The predicted molar refractivity (Wildman–Crippen MR) is 111 cm³/mol. The number of esters is 1. The molecule has 3 aliphatic rings. The van der Waals surface area contributed by atoms with Gasteiger partial charge in [0.05, 0.1) is 6.61 Å². The summed E-state index contributed by atoms with van der Waals surface area (Å²) in [6.45, 7) is 3.59. The molecule has 0 aromatic heterocycles. The van der Waals surface area contributed by atoms with Crippen molar-refractivity contribution in [3.05, 3.63) is 71.8 Å². The second-order valence-electron chi connectivity index (χ2n) is 9.03. The van der Waals surface area contributed by atoms with E-state index in [0.29, 0.717) is 29.9 Å². The Morgan fingerprint density at radius 2 is 1.62 bits per heavy atom. The molecule has 1 aliphatic heterocycles. The summed E-state index contributed by atoms with van der Waals surface area (Å²) in [6.07, 6.45) is 2.82. The Labute approximate surface area is 172 Å². The number of hydrogen-bond donors (Lipinski definition) is 1. The van der Waals surface area contributed by atoms with E-state index in [9.17, 15) is 9.90 Å². The fourth-order valence-corrected chi connectivity index (χ4v) is 5.28. The molecule has 3 atom stereocenters. The van der Waals surface area contributed by atoms with Crippen molar-refractivity contribution < 1.29 is 14.6 Å². The molecule has 4 nitrogen and oxygen atoms in total. The van der Waals surface area contributed by atoms with E-state index in [2.05, 4.69) is 35.2 Å². The van der Waals surface area contributed by atoms with Crippen molar-refractivity contribution in [3.8, 4) is 0 Å². The number of benzene rings is 2. The number of fused-ring (bicyclic) bond motifs is 1. The fourth-order valence-electron chi connectivity index (χ4n) is 5.28. The second-order valence-corrected chi connectivity index (χ2v) is 9.03. The van der Waals surface area contributed by atoms with Gasteiger partial charge in [0.15, 0.2) is 5.60 Å². The number of carbonyl (C=O) groups excluding carboxylic acids is 1. The van der Waals surface area contributed by atoms with Gasteiger partial charge in [-0.15, -0.1) is 0 Å². The highest BCUT2D eigenvalue weighted by Gasteiger charge is 2.57. The quantitative estimate of drug-likeness (QED) is 0.733. The maximum atomic E-state index is 13.0. The van der Waals surface area contributed by atoms with Crippen LogP contribution < -0.4 is 0 Å². The summed E-state index contributed by atoms with van der Waals surface area (Å²) in [5.41, 5.74) is 0.521. The molecule has 0 spiro atoms. The number of aliphatic hydroxyl groups is 1. The van der Waals surface area contributed by atoms with Gasteiger partial charge in [-0.25, -0.2) is 4.79 Å². The monoisotopic (exact) mass is 391 g/mol. The summed E-state index contributed by atoms with van der Waals surface area (Å²) in [7, 11) is 0. The van der Waals surface area contributed by atoms with Gasteiger partial charge in [0.25, 0.3) is 0 Å². The first-order chi connectivity index (χ1) is 14.2. The highest BCUT2D eigenvalue weighted by Crippen LogP contribution is 2.52. The molecule has 2 aromatic carbocycles. The van der Waals surface area contributed by atoms with E-state index in [4.69, 9.17) is 4.74 Å². The van der Waals surface area contributed by atoms with Crippen molar-refractivity contribution in [2.24, 2.45) is 23.7 Å². The van der Waals surface area contributed by atoms with Crippen LogP contribution in [-0.2, 0) is 21.7 Å². The summed E-state index contributed by atoms with van der Waals surface area (Å²) in [5.74, 6) is 1.21. The van der Waals surface area contributed by atoms with Crippen molar-refractivity contribution in [2.75, 3.05) is 19.7 Å². The highest BCUT2D eigenvalue weighted by molar-refractivity contribution is 5.81. The molecule has 5 rings (SSSR count). The van der Waals surface area contributed by atoms with Crippen molar-refractivity contribution >= 4 is 5.97 Å². The van der Waals surface area contributed by atoms with Crippen LogP contribution in [0.2, 0.25) is 0 Å². The van der Waals surface area contributed by atoms with Gasteiger partial charge in [-0.3, -0.25) is 4.90 Å². The third-order valence-electron chi connectivity index (χ3n) is 7.32. The highest BCUT2D eigenvalue weighted by atomic mass is 16.6. The smallest absolute Gasteiger partial charge is 0.343 e. The zero-order chi connectivity index (χ0) is 19.8. The molecular formula is C25H29NO3. The number of likely N-dealkylation sites (tertiary alicyclic amines) is 1. The van der Waals surface area contributed by atoms with E-state index in [1.165, 1.54) is 5.56 Å². The Balaban J connectivity index is 1.16. The maximum absolute atomic E-state index is 13.0. The number of ether oxygens (including phenoxy) is 1. The summed E-state index contributed by atoms with van der Waals surface area (Å²) in [6, 6.07) is 19.9. The van der Waals surface area contributed by atoms with Gasteiger partial charge in [0, 0.05) is 31.5 Å². The van der Waals surface area contributed by atoms with E-state index >= 15 is 0 Å². The van der Waals surface area contributed by atoms with Crippen LogP contribution in [0.3, 0.4) is 0 Å². The molecule has 4 heteroatoms. The first-order valence-electron chi connectivity index (χ1n) is 10.9. The Bertz CT molecular complexity index is 839. The molecule has 2 aliphatic carbocycles. The first kappa shape index (κ1) is 18.8. The van der Waals surface area contributed by atoms with Crippen LogP contribution >= 0.6 is 0 Å². The lowest BCUT2D eigenvalue weighted by Gasteiger charge is -2.39. The summed E-state index contributed by atoms with van der Waals surface area (Å²) in [5, 5.41) is 11.3. The Morgan fingerprint density at radius 1 is 1.00 bits per heavy atom. The van der Waals surface area contributed by atoms with E-state index in [1.807, 2.05) is 30.3 Å². The number of rotatable bonds is 7. The minimum atomic E-state index is -1.50. The van der Waals surface area contributed by atoms with Crippen LogP contribution in [0.4, 0.5) is 0 Å². The van der Waals surface area contributed by atoms with Crippen molar-refractivity contribution in [1.29, 1.82) is 0 Å². The van der Waals surface area contributed by atoms with E-state index in [0.717, 1.165) is 38.9 Å². The first-order valence-corrected chi connectivity index (χ1v) is 10.9. The number of hydrogen-bond acceptors (Lipinski definition) is 4. The number of carbonyl (C=O) groups is 1. The van der Waals surface area contributed by atoms with Crippen molar-refractivity contribution in [2.45, 2.75) is 31.4 Å². The van der Waals surface area contributed by atoms with Crippen molar-refractivity contribution in [3.63, 3.8) is 0 Å². The minimum Gasteiger partial charge on any atom is -0.463 e. The summed E-state index contributed by atoms with van der Waals surface area (Å²) >= 11 is 0. The lowest BCUT2D eigenvalue weighted by Crippen LogP contribution is -2.47. The van der Waals surface area contributed by atoms with Gasteiger partial charge in [-0.2, -0.15) is 0 Å². The van der Waals surface area contributed by atoms with Gasteiger partial charge >= 0.3 is 5.97 Å². The molecule has 0 amide bonds. The van der Waals surface area contributed by atoms with E-state index < -0.39 is 11.6 Å². The third-order valence-corrected chi connectivity index (χ3v) is 7.32. The predicted octanol–water partition coefficient (Wildman–Crippen LogP) is 3.60. The number of piperidine rings is 1. The normalized spacial score (nSPS) is 28.2. The topological polar surface area (TPSA) is 49.8 Å². The van der Waals surface area contributed by atoms with Crippen molar-refractivity contribution in [1.82, 2.24) is 4.90 Å². The molecule has 1 saturated heterocycles. The Morgan fingerprint density at radius 3 is 2.21 bits per heavy atom. The molecule has 1 N–H and O–H groups in total. The maximum Gasteiger partial charge on any atom is 0.343 e. The zero-order valence-electron chi connectivity index (χ0n) is 16.7. The number of nitrogens with zero attached hydrogens (tertiary/aromatic N) is 1. The molecule has 2 aromatic rings. The second kappa shape index (κ2) is 7.58. The minimum absolute atomic E-state index is 0.0301. The van der Waals surface area contributed by atoms with Crippen LogP contribution in [-0.4, -0.2) is 35.7 Å². The van der Waals surface area contributed by atoms with Crippen LogP contribution in [0.25, 0.3) is 0 Å². The standard InChI is InChI=1S/C25H29NO3/c27-24(25(28,20-12-7-13-20)19-10-5-2-6-11-19)29-17-23-21-15-26(16-22(21)23)14-18-8-3-1-4-9-18/h1-6,8-11,20-23,28H,7,12-17H2. The third kappa shape index (κ3) is 3.49. The molecule has 3 unspecified atom stereocenters. The molecule has 2 saturated carbocycles. The van der Waals surface area contributed by atoms with Crippen LogP contribution in [0, 0.1) is 23.7 Å². The average molecular weight is 392 g/mol. The van der Waals surface area contributed by atoms with Gasteiger partial charge in [0.2, 0.25) is 0 Å². The molecule has 29 heavy (non-hydrogen) atoms. The van der Waals surface area contributed by atoms with E-state index in [1.54, 1.807) is 0 Å². The summed E-state index contributed by atoms with van der Waals surface area (Å²) in [4.78, 5) is 15.5.